The van der Waals surface area contributed by atoms with Crippen molar-refractivity contribution >= 4 is 22.6 Å². The largest absolute Gasteiger partial charge is 0.504 e. The Kier molecular flexibility index (Phi) is 1.60. The van der Waals surface area contributed by atoms with Gasteiger partial charge in [0, 0.05) is 0 Å². The second-order valence-electron chi connectivity index (χ2n) is 2.70. The molecule has 0 unspecified atom stereocenters. The molecule has 13 heavy (non-hydrogen) atoms. The van der Waals surface area contributed by atoms with E-state index in [2.05, 4.69) is 5.16 Å². The third-order valence-electron chi connectivity index (χ3n) is 1.84. The van der Waals surface area contributed by atoms with Gasteiger partial charge >= 0.3 is 0 Å². The first-order chi connectivity index (χ1) is 6.11. The molecule has 0 aliphatic heterocycles. The Labute approximate surface area is 78.3 Å². The molecule has 0 amide bonds. The van der Waals surface area contributed by atoms with E-state index in [0.29, 0.717) is 11.1 Å². The Bertz CT molecular complexity index is 478. The molecule has 2 N–H and O–H groups in total. The van der Waals surface area contributed by atoms with Crippen LogP contribution in [0.3, 0.4) is 0 Å². The first-order valence-electron chi connectivity index (χ1n) is 3.57. The summed E-state index contributed by atoms with van der Waals surface area (Å²) in [6, 6.07) is 1.36. The summed E-state index contributed by atoms with van der Waals surface area (Å²) in [5, 5.41) is 22.7. The third kappa shape index (κ3) is 1.02. The third-order valence-corrected chi connectivity index (χ3v) is 2.19. The maximum Gasteiger partial charge on any atom is 0.189 e. The number of hydrogen-bond donors (Lipinski definition) is 2. The Hall–Kier alpha value is -1.42. The van der Waals surface area contributed by atoms with Crippen molar-refractivity contribution in [1.82, 2.24) is 5.16 Å². The number of aromatic nitrogens is 1. The van der Waals surface area contributed by atoms with Gasteiger partial charge in [-0.05, 0) is 13.0 Å². The van der Waals surface area contributed by atoms with E-state index < -0.39 is 0 Å². The molecule has 0 saturated heterocycles. The molecular formula is C8H6ClNO3. The van der Waals surface area contributed by atoms with Gasteiger partial charge in [0.2, 0.25) is 0 Å². The lowest BCUT2D eigenvalue weighted by atomic mass is 10.2. The number of halogens is 1. The quantitative estimate of drug-likeness (QED) is 0.639. The van der Waals surface area contributed by atoms with Crippen LogP contribution in [-0.2, 0) is 0 Å². The van der Waals surface area contributed by atoms with Crippen molar-refractivity contribution in [2.24, 2.45) is 0 Å². The maximum absolute atomic E-state index is 9.24. The molecule has 1 aromatic heterocycles. The second kappa shape index (κ2) is 2.53. The van der Waals surface area contributed by atoms with E-state index in [0.717, 1.165) is 0 Å². The molecular weight excluding hydrogens is 194 g/mol. The molecule has 0 bridgehead atoms. The van der Waals surface area contributed by atoms with Crippen LogP contribution in [-0.4, -0.2) is 15.4 Å². The van der Waals surface area contributed by atoms with Gasteiger partial charge in [-0.3, -0.25) is 0 Å². The highest BCUT2D eigenvalue weighted by molar-refractivity contribution is 6.36. The number of phenolic OH excluding ortho intramolecular Hbond substituents is 2. The fourth-order valence-electron chi connectivity index (χ4n) is 1.13. The highest BCUT2D eigenvalue weighted by atomic mass is 35.5. The minimum absolute atomic E-state index is 0.0180. The van der Waals surface area contributed by atoms with Gasteiger partial charge in [-0.2, -0.15) is 0 Å². The summed E-state index contributed by atoms with van der Waals surface area (Å²) in [7, 11) is 0. The topological polar surface area (TPSA) is 66.5 Å². The summed E-state index contributed by atoms with van der Waals surface area (Å²) < 4.78 is 4.86. The number of rotatable bonds is 0. The summed E-state index contributed by atoms with van der Waals surface area (Å²) in [6.07, 6.45) is 0. The molecule has 1 aromatic carbocycles. The SMILES string of the molecule is Cc1noc2c(Cl)c(O)c(O)cc12. The number of nitrogens with zero attached hydrogens (tertiary/aromatic N) is 1. The molecule has 0 aliphatic carbocycles. The van der Waals surface area contributed by atoms with E-state index in [-0.39, 0.29) is 22.1 Å². The van der Waals surface area contributed by atoms with Crippen molar-refractivity contribution in [1.29, 1.82) is 0 Å². The molecule has 0 fully saturated rings. The standard InChI is InChI=1S/C8H6ClNO3/c1-3-4-2-5(11)7(12)6(9)8(4)13-10-3/h2,11-12H,1H3. The molecule has 0 spiro atoms. The van der Waals surface area contributed by atoms with Crippen LogP contribution < -0.4 is 0 Å². The molecule has 4 nitrogen and oxygen atoms in total. The highest BCUT2D eigenvalue weighted by Crippen LogP contribution is 2.40. The van der Waals surface area contributed by atoms with Crippen LogP contribution in [0.4, 0.5) is 0 Å². The average Bonchev–Trinajstić information content (AvgIpc) is 2.45. The van der Waals surface area contributed by atoms with Gasteiger partial charge in [0.25, 0.3) is 0 Å². The fourth-order valence-corrected chi connectivity index (χ4v) is 1.36. The van der Waals surface area contributed by atoms with Crippen molar-refractivity contribution in [2.75, 3.05) is 0 Å². The maximum atomic E-state index is 9.24. The highest BCUT2D eigenvalue weighted by Gasteiger charge is 2.15. The Balaban J connectivity index is 2.96. The molecule has 2 rings (SSSR count). The average molecular weight is 200 g/mol. The normalized spacial score (nSPS) is 10.9. The minimum Gasteiger partial charge on any atom is -0.504 e. The van der Waals surface area contributed by atoms with E-state index >= 15 is 0 Å². The van der Waals surface area contributed by atoms with Gasteiger partial charge in [-0.25, -0.2) is 0 Å². The van der Waals surface area contributed by atoms with E-state index in [1.54, 1.807) is 6.92 Å². The lowest BCUT2D eigenvalue weighted by molar-refractivity contribution is 0.402. The van der Waals surface area contributed by atoms with Crippen LogP contribution in [0, 0.1) is 6.92 Å². The molecule has 68 valence electrons. The molecule has 2 aromatic rings. The molecule has 0 atom stereocenters. The van der Waals surface area contributed by atoms with Gasteiger partial charge in [0.05, 0.1) is 11.1 Å². The molecule has 0 radical (unpaired) electrons. The lowest BCUT2D eigenvalue weighted by Crippen LogP contribution is -1.74. The molecule has 0 saturated carbocycles. The van der Waals surface area contributed by atoms with E-state index in [1.165, 1.54) is 6.07 Å². The molecule has 5 heteroatoms. The number of aromatic hydroxyl groups is 2. The smallest absolute Gasteiger partial charge is 0.189 e. The summed E-state index contributed by atoms with van der Waals surface area (Å²) in [5.74, 6) is -0.658. The summed E-state index contributed by atoms with van der Waals surface area (Å²) in [4.78, 5) is 0. The molecule has 1 heterocycles. The minimum atomic E-state index is -0.384. The zero-order valence-electron chi connectivity index (χ0n) is 6.71. The van der Waals surface area contributed by atoms with Crippen molar-refractivity contribution in [3.05, 3.63) is 16.8 Å². The molecule has 0 aliphatic rings. The van der Waals surface area contributed by atoms with Gasteiger partial charge in [0.15, 0.2) is 17.1 Å². The first-order valence-corrected chi connectivity index (χ1v) is 3.95. The number of benzene rings is 1. The van der Waals surface area contributed by atoms with E-state index in [4.69, 9.17) is 16.1 Å². The Morgan fingerprint density at radius 2 is 2.15 bits per heavy atom. The fraction of sp³-hybridized carbons (Fsp3) is 0.125. The van der Waals surface area contributed by atoms with Gasteiger partial charge < -0.3 is 14.7 Å². The van der Waals surface area contributed by atoms with Crippen molar-refractivity contribution in [3.63, 3.8) is 0 Å². The zero-order valence-corrected chi connectivity index (χ0v) is 7.46. The van der Waals surface area contributed by atoms with Crippen LogP contribution in [0.1, 0.15) is 5.69 Å². The van der Waals surface area contributed by atoms with Gasteiger partial charge in [-0.15, -0.1) is 0 Å². The number of phenols is 2. The Morgan fingerprint density at radius 3 is 2.85 bits per heavy atom. The Morgan fingerprint density at radius 1 is 1.46 bits per heavy atom. The van der Waals surface area contributed by atoms with E-state index in [9.17, 15) is 10.2 Å². The predicted molar refractivity (Wildman–Crippen MR) is 47.1 cm³/mol. The number of hydrogen-bond acceptors (Lipinski definition) is 4. The monoisotopic (exact) mass is 199 g/mol. The van der Waals surface area contributed by atoms with Crippen LogP contribution in [0.2, 0.25) is 5.02 Å². The zero-order chi connectivity index (χ0) is 9.59. The van der Waals surface area contributed by atoms with Gasteiger partial charge in [0.1, 0.15) is 5.02 Å². The predicted octanol–water partition coefficient (Wildman–Crippen LogP) is 2.20. The first kappa shape index (κ1) is 8.19. The van der Waals surface area contributed by atoms with Crippen LogP contribution in [0.5, 0.6) is 11.5 Å². The summed E-state index contributed by atoms with van der Waals surface area (Å²) in [6.45, 7) is 1.72. The van der Waals surface area contributed by atoms with Gasteiger partial charge in [-0.1, -0.05) is 16.8 Å². The van der Waals surface area contributed by atoms with Crippen molar-refractivity contribution in [2.45, 2.75) is 6.92 Å². The second-order valence-corrected chi connectivity index (χ2v) is 3.08. The van der Waals surface area contributed by atoms with Crippen LogP contribution >= 0.6 is 11.6 Å². The van der Waals surface area contributed by atoms with Crippen molar-refractivity contribution < 1.29 is 14.7 Å². The lowest BCUT2D eigenvalue weighted by Gasteiger charge is -1.99. The van der Waals surface area contributed by atoms with Crippen molar-refractivity contribution in [3.8, 4) is 11.5 Å². The van der Waals surface area contributed by atoms with E-state index in [1.807, 2.05) is 0 Å². The number of aryl methyl sites for hydroxylation is 1. The number of fused-ring (bicyclic) bond motifs is 1. The van der Waals surface area contributed by atoms with Crippen LogP contribution in [0.15, 0.2) is 10.6 Å². The van der Waals surface area contributed by atoms with Crippen LogP contribution in [0.25, 0.3) is 11.0 Å². The summed E-state index contributed by atoms with van der Waals surface area (Å²) >= 11 is 5.70. The summed E-state index contributed by atoms with van der Waals surface area (Å²) in [5.41, 5.74) is 0.904.